The van der Waals surface area contributed by atoms with Gasteiger partial charge in [-0.05, 0) is 43.5 Å². The van der Waals surface area contributed by atoms with Crippen LogP contribution in [0, 0.1) is 18.7 Å². The Balaban J connectivity index is 1.42. The van der Waals surface area contributed by atoms with Crippen molar-refractivity contribution in [3.05, 3.63) is 71.3 Å². The normalized spacial score (nSPS) is 16.4. The predicted octanol–water partition coefficient (Wildman–Crippen LogP) is 5.10. The number of aromatic nitrogens is 2. The van der Waals surface area contributed by atoms with E-state index in [0.717, 1.165) is 30.5 Å². The molecule has 1 atom stereocenters. The van der Waals surface area contributed by atoms with Crippen LogP contribution in [-0.2, 0) is 4.79 Å². The first-order valence-electron chi connectivity index (χ1n) is 9.89. The lowest BCUT2D eigenvalue weighted by Crippen LogP contribution is -2.41. The minimum atomic E-state index is -0.509. The van der Waals surface area contributed by atoms with Gasteiger partial charge in [-0.2, -0.15) is 0 Å². The number of nitrogens with zero attached hydrogens (tertiary/aromatic N) is 3. The monoisotopic (exact) mass is 424 g/mol. The topological polar surface area (TPSA) is 58.1 Å². The molecule has 1 saturated heterocycles. The summed E-state index contributed by atoms with van der Waals surface area (Å²) in [6.07, 6.45) is 5.28. The van der Waals surface area contributed by atoms with Gasteiger partial charge in [0.2, 0.25) is 11.9 Å². The van der Waals surface area contributed by atoms with Crippen LogP contribution in [0.25, 0.3) is 11.1 Å². The number of benzene rings is 2. The van der Waals surface area contributed by atoms with E-state index < -0.39 is 5.82 Å². The largest absolute Gasteiger partial charge is 0.340 e. The van der Waals surface area contributed by atoms with Crippen LogP contribution in [0.4, 0.5) is 16.0 Å². The number of piperidine rings is 1. The number of amides is 1. The standard InChI is InChI=1S/C23H22ClFN4O/c1-15-4-6-16(7-5-15)18-12-26-23(27-13-18)29-10-2-3-17(14-29)22(30)28-19-8-9-21(25)20(24)11-19/h4-9,11-13,17H,2-3,10,14H2,1H3,(H,28,30)/t17-/m0/s1. The highest BCUT2D eigenvalue weighted by atomic mass is 35.5. The second-order valence-corrected chi connectivity index (χ2v) is 7.95. The highest BCUT2D eigenvalue weighted by Crippen LogP contribution is 2.25. The van der Waals surface area contributed by atoms with Crippen LogP contribution in [0.3, 0.4) is 0 Å². The van der Waals surface area contributed by atoms with Gasteiger partial charge < -0.3 is 10.2 Å². The molecule has 1 aliphatic rings. The average Bonchev–Trinajstić information content (AvgIpc) is 2.77. The third-order valence-corrected chi connectivity index (χ3v) is 5.57. The van der Waals surface area contributed by atoms with Crippen LogP contribution in [0.15, 0.2) is 54.9 Å². The number of nitrogens with one attached hydrogen (secondary N) is 1. The van der Waals surface area contributed by atoms with Crippen LogP contribution >= 0.6 is 11.6 Å². The van der Waals surface area contributed by atoms with Crippen molar-refractivity contribution < 1.29 is 9.18 Å². The summed E-state index contributed by atoms with van der Waals surface area (Å²) < 4.78 is 13.3. The molecular weight excluding hydrogens is 403 g/mol. The molecular formula is C23H22ClFN4O. The van der Waals surface area contributed by atoms with Crippen LogP contribution in [0.1, 0.15) is 18.4 Å². The van der Waals surface area contributed by atoms with E-state index >= 15 is 0 Å². The molecule has 1 fully saturated rings. The van der Waals surface area contributed by atoms with Crippen molar-refractivity contribution in [1.29, 1.82) is 0 Å². The van der Waals surface area contributed by atoms with E-state index in [-0.39, 0.29) is 16.8 Å². The summed E-state index contributed by atoms with van der Waals surface area (Å²) in [6.45, 7) is 3.39. The average molecular weight is 425 g/mol. The first-order valence-corrected chi connectivity index (χ1v) is 10.3. The van der Waals surface area contributed by atoms with Crippen molar-refractivity contribution >= 4 is 29.1 Å². The van der Waals surface area contributed by atoms with Gasteiger partial charge in [0.1, 0.15) is 5.82 Å². The SMILES string of the molecule is Cc1ccc(-c2cnc(N3CCC[C@H](C(=O)Nc4ccc(F)c(Cl)c4)C3)nc2)cc1. The molecule has 0 spiro atoms. The van der Waals surface area contributed by atoms with Crippen molar-refractivity contribution in [3.63, 3.8) is 0 Å². The number of rotatable bonds is 4. The number of halogens is 2. The van der Waals surface area contributed by atoms with Gasteiger partial charge >= 0.3 is 0 Å². The smallest absolute Gasteiger partial charge is 0.229 e. The fourth-order valence-corrected chi connectivity index (χ4v) is 3.75. The van der Waals surface area contributed by atoms with Crippen molar-refractivity contribution in [3.8, 4) is 11.1 Å². The molecule has 2 aromatic carbocycles. The van der Waals surface area contributed by atoms with Gasteiger partial charge in [-0.1, -0.05) is 41.4 Å². The number of anilines is 2. The van der Waals surface area contributed by atoms with E-state index in [1.54, 1.807) is 0 Å². The van der Waals surface area contributed by atoms with E-state index in [1.807, 2.05) is 17.3 Å². The Morgan fingerprint density at radius 2 is 1.87 bits per heavy atom. The number of hydrogen-bond donors (Lipinski definition) is 1. The third kappa shape index (κ3) is 4.60. The maximum atomic E-state index is 13.3. The lowest BCUT2D eigenvalue weighted by molar-refractivity contribution is -0.120. The number of aryl methyl sites for hydroxylation is 1. The molecule has 5 nitrogen and oxygen atoms in total. The summed E-state index contributed by atoms with van der Waals surface area (Å²) >= 11 is 5.80. The Bertz CT molecular complexity index is 1040. The summed E-state index contributed by atoms with van der Waals surface area (Å²) in [5.74, 6) is -0.209. The van der Waals surface area contributed by atoms with Crippen molar-refractivity contribution in [2.45, 2.75) is 19.8 Å². The van der Waals surface area contributed by atoms with Crippen LogP contribution < -0.4 is 10.2 Å². The van der Waals surface area contributed by atoms with Crippen molar-refractivity contribution in [2.24, 2.45) is 5.92 Å². The summed E-state index contributed by atoms with van der Waals surface area (Å²) in [4.78, 5) is 23.8. The molecule has 30 heavy (non-hydrogen) atoms. The Morgan fingerprint density at radius 3 is 2.57 bits per heavy atom. The van der Waals surface area contributed by atoms with Gasteiger partial charge in [-0.15, -0.1) is 0 Å². The molecule has 1 amide bonds. The van der Waals surface area contributed by atoms with Crippen molar-refractivity contribution in [1.82, 2.24) is 9.97 Å². The molecule has 0 aliphatic carbocycles. The lowest BCUT2D eigenvalue weighted by Gasteiger charge is -2.32. The molecule has 0 radical (unpaired) electrons. The molecule has 0 saturated carbocycles. The quantitative estimate of drug-likeness (QED) is 0.633. The Kier molecular flexibility index (Phi) is 5.95. The second-order valence-electron chi connectivity index (χ2n) is 7.54. The highest BCUT2D eigenvalue weighted by molar-refractivity contribution is 6.31. The number of hydrogen-bond acceptors (Lipinski definition) is 4. The minimum absolute atomic E-state index is 0.0138. The zero-order valence-corrected chi connectivity index (χ0v) is 17.4. The van der Waals surface area contributed by atoms with Gasteiger partial charge in [0.15, 0.2) is 0 Å². The van der Waals surface area contributed by atoms with Gasteiger partial charge in [-0.25, -0.2) is 14.4 Å². The molecule has 154 valence electrons. The first-order chi connectivity index (χ1) is 14.5. The van der Waals surface area contributed by atoms with Gasteiger partial charge in [0.25, 0.3) is 0 Å². The molecule has 0 unspecified atom stereocenters. The van der Waals surface area contributed by atoms with Crippen LogP contribution in [-0.4, -0.2) is 29.0 Å². The van der Waals surface area contributed by atoms with E-state index in [2.05, 4.69) is 46.5 Å². The minimum Gasteiger partial charge on any atom is -0.340 e. The van der Waals surface area contributed by atoms with Crippen LogP contribution in [0.2, 0.25) is 5.02 Å². The molecule has 3 aromatic rings. The van der Waals surface area contributed by atoms with Gasteiger partial charge in [-0.3, -0.25) is 4.79 Å². The van der Waals surface area contributed by atoms with E-state index in [1.165, 1.54) is 23.8 Å². The summed E-state index contributed by atoms with van der Waals surface area (Å²) in [5.41, 5.74) is 3.72. The maximum absolute atomic E-state index is 13.3. The number of carbonyl (C=O) groups is 1. The molecule has 1 N–H and O–H groups in total. The molecule has 2 heterocycles. The zero-order chi connectivity index (χ0) is 21.1. The van der Waals surface area contributed by atoms with E-state index in [4.69, 9.17) is 11.6 Å². The Labute approximate surface area is 179 Å². The Hall–Kier alpha value is -2.99. The fraction of sp³-hybridized carbons (Fsp3) is 0.261. The van der Waals surface area contributed by atoms with Crippen LogP contribution in [0.5, 0.6) is 0 Å². The van der Waals surface area contributed by atoms with Crippen molar-refractivity contribution in [2.75, 3.05) is 23.3 Å². The maximum Gasteiger partial charge on any atom is 0.229 e. The fourth-order valence-electron chi connectivity index (χ4n) is 3.57. The molecule has 0 bridgehead atoms. The molecule has 4 rings (SSSR count). The van der Waals surface area contributed by atoms with Gasteiger partial charge in [0, 0.05) is 36.7 Å². The lowest BCUT2D eigenvalue weighted by atomic mass is 9.97. The first kappa shape index (κ1) is 20.3. The third-order valence-electron chi connectivity index (χ3n) is 5.29. The summed E-state index contributed by atoms with van der Waals surface area (Å²) in [6, 6.07) is 12.4. The molecule has 1 aromatic heterocycles. The molecule has 7 heteroatoms. The predicted molar refractivity (Wildman–Crippen MR) is 117 cm³/mol. The summed E-state index contributed by atoms with van der Waals surface area (Å²) in [7, 11) is 0. The van der Waals surface area contributed by atoms with E-state index in [0.29, 0.717) is 18.2 Å². The van der Waals surface area contributed by atoms with Gasteiger partial charge in [0.05, 0.1) is 10.9 Å². The summed E-state index contributed by atoms with van der Waals surface area (Å²) in [5, 5.41) is 2.82. The Morgan fingerprint density at radius 1 is 1.13 bits per heavy atom. The number of carbonyl (C=O) groups excluding carboxylic acids is 1. The highest BCUT2D eigenvalue weighted by Gasteiger charge is 2.27. The zero-order valence-electron chi connectivity index (χ0n) is 16.6. The second kappa shape index (κ2) is 8.79. The molecule has 1 aliphatic heterocycles. The van der Waals surface area contributed by atoms with E-state index in [9.17, 15) is 9.18 Å².